The maximum absolute atomic E-state index is 13.4. The van der Waals surface area contributed by atoms with Gasteiger partial charge in [-0.1, -0.05) is 17.7 Å². The average Bonchev–Trinajstić information content (AvgIpc) is 2.90. The van der Waals surface area contributed by atoms with Gasteiger partial charge in [0.1, 0.15) is 5.56 Å². The molecular formula is C26H22ClF3N4O5. The lowest BCUT2D eigenvalue weighted by Gasteiger charge is -2.30. The first-order chi connectivity index (χ1) is 18.4. The Morgan fingerprint density at radius 2 is 1.67 bits per heavy atom. The minimum atomic E-state index is -4.65. The molecular weight excluding hydrogens is 541 g/mol. The van der Waals surface area contributed by atoms with Gasteiger partial charge < -0.3 is 20.3 Å². The highest BCUT2D eigenvalue weighted by Gasteiger charge is 2.32. The van der Waals surface area contributed by atoms with Crippen molar-refractivity contribution < 1.29 is 32.4 Å². The molecule has 1 aliphatic heterocycles. The Balaban J connectivity index is 1.62. The van der Waals surface area contributed by atoms with E-state index in [4.69, 9.17) is 16.3 Å². The molecule has 1 fully saturated rings. The Morgan fingerprint density at radius 1 is 0.974 bits per heavy atom. The normalized spacial score (nSPS) is 13.6. The molecule has 4 rings (SSSR count). The first-order valence-electron chi connectivity index (χ1n) is 11.7. The monoisotopic (exact) mass is 562 g/mol. The number of nitrogens with one attached hydrogen (secondary N) is 2. The lowest BCUT2D eigenvalue weighted by Crippen LogP contribution is -2.37. The quantitative estimate of drug-likeness (QED) is 0.285. The summed E-state index contributed by atoms with van der Waals surface area (Å²) in [5.41, 5.74) is -0.537. The zero-order valence-corrected chi connectivity index (χ0v) is 21.2. The van der Waals surface area contributed by atoms with Gasteiger partial charge in [-0.3, -0.25) is 19.7 Å². The van der Waals surface area contributed by atoms with Crippen LogP contribution < -0.4 is 15.5 Å². The first-order valence-corrected chi connectivity index (χ1v) is 12.0. The molecule has 3 aromatic carbocycles. The highest BCUT2D eigenvalue weighted by Crippen LogP contribution is 2.34. The number of carbonyl (C=O) groups is 2. The molecule has 0 saturated carbocycles. The number of hydrogen-bond donors (Lipinski definition) is 2. The number of nitro groups is 1. The maximum atomic E-state index is 13.4. The van der Waals surface area contributed by atoms with Crippen LogP contribution in [-0.2, 0) is 10.9 Å². The molecule has 204 valence electrons. The molecule has 2 amide bonds. The fraction of sp³-hybridized carbons (Fsp3) is 0.231. The van der Waals surface area contributed by atoms with Crippen LogP contribution in [-0.4, -0.2) is 43.0 Å². The average molecular weight is 563 g/mol. The predicted octanol–water partition coefficient (Wildman–Crippen LogP) is 5.92. The van der Waals surface area contributed by atoms with E-state index >= 15 is 0 Å². The number of amides is 2. The van der Waals surface area contributed by atoms with Crippen molar-refractivity contribution in [2.24, 2.45) is 0 Å². The van der Waals surface area contributed by atoms with Crippen molar-refractivity contribution in [3.05, 3.63) is 92.0 Å². The Labute approximate surface area is 225 Å². The summed E-state index contributed by atoms with van der Waals surface area (Å²) in [4.78, 5) is 38.5. The van der Waals surface area contributed by atoms with Gasteiger partial charge in [0.2, 0.25) is 0 Å². The van der Waals surface area contributed by atoms with E-state index in [1.807, 2.05) is 0 Å². The number of halogens is 4. The molecule has 2 N–H and O–H groups in total. The number of rotatable bonds is 6. The summed E-state index contributed by atoms with van der Waals surface area (Å²) in [5.74, 6) is -1.59. The maximum Gasteiger partial charge on any atom is 0.416 e. The number of alkyl halides is 3. The van der Waals surface area contributed by atoms with Crippen molar-refractivity contribution in [2.75, 3.05) is 41.8 Å². The minimum Gasteiger partial charge on any atom is -0.378 e. The molecule has 0 aliphatic carbocycles. The van der Waals surface area contributed by atoms with Crippen LogP contribution in [0.1, 0.15) is 31.8 Å². The number of hydrogen-bond acceptors (Lipinski definition) is 6. The number of morpholine rings is 1. The molecule has 0 aromatic heterocycles. The molecule has 0 spiro atoms. The van der Waals surface area contributed by atoms with E-state index in [-0.39, 0.29) is 27.5 Å². The minimum absolute atomic E-state index is 0.126. The van der Waals surface area contributed by atoms with Gasteiger partial charge in [-0.2, -0.15) is 13.2 Å². The van der Waals surface area contributed by atoms with Gasteiger partial charge in [-0.25, -0.2) is 0 Å². The Bertz CT molecular complexity index is 1440. The van der Waals surface area contributed by atoms with Crippen LogP contribution in [0.5, 0.6) is 0 Å². The van der Waals surface area contributed by atoms with Gasteiger partial charge in [-0.15, -0.1) is 0 Å². The smallest absolute Gasteiger partial charge is 0.378 e. The van der Waals surface area contributed by atoms with E-state index in [2.05, 4.69) is 10.6 Å². The Hall–Kier alpha value is -4.16. The fourth-order valence-corrected chi connectivity index (χ4v) is 4.22. The second-order valence-electron chi connectivity index (χ2n) is 8.69. The van der Waals surface area contributed by atoms with Gasteiger partial charge in [0, 0.05) is 41.2 Å². The number of nitro benzene ring substituents is 1. The molecule has 3 aromatic rings. The molecule has 0 unspecified atom stereocenters. The second kappa shape index (κ2) is 11.3. The number of benzene rings is 3. The van der Waals surface area contributed by atoms with Crippen molar-refractivity contribution in [1.29, 1.82) is 0 Å². The lowest BCUT2D eigenvalue weighted by molar-refractivity contribution is -0.385. The fourth-order valence-electron chi connectivity index (χ4n) is 4.05. The highest BCUT2D eigenvalue weighted by molar-refractivity contribution is 6.31. The second-order valence-corrected chi connectivity index (χ2v) is 9.12. The summed E-state index contributed by atoms with van der Waals surface area (Å²) in [6.07, 6.45) is -4.65. The van der Waals surface area contributed by atoms with Crippen molar-refractivity contribution in [2.45, 2.75) is 13.1 Å². The van der Waals surface area contributed by atoms with E-state index in [1.54, 1.807) is 17.9 Å². The van der Waals surface area contributed by atoms with Crippen LogP contribution in [0.15, 0.2) is 54.6 Å². The van der Waals surface area contributed by atoms with Crippen molar-refractivity contribution in [3.8, 4) is 0 Å². The van der Waals surface area contributed by atoms with Crippen molar-refractivity contribution in [1.82, 2.24) is 0 Å². The van der Waals surface area contributed by atoms with Gasteiger partial charge >= 0.3 is 6.18 Å². The summed E-state index contributed by atoms with van der Waals surface area (Å²) in [6.45, 7) is 3.21. The number of anilines is 3. The highest BCUT2D eigenvalue weighted by atomic mass is 35.5. The third-order valence-corrected chi connectivity index (χ3v) is 6.30. The van der Waals surface area contributed by atoms with E-state index in [9.17, 15) is 32.9 Å². The predicted molar refractivity (Wildman–Crippen MR) is 140 cm³/mol. The standard InChI is InChI=1S/C26H22ClF3N4O5/c1-15-2-5-18(14-21(15)32-25(36)20-13-17(27)4-7-23(20)34(37)38)31-24(35)19-12-16(26(28,29)30)3-6-22(19)33-8-10-39-11-9-33/h2-7,12-14H,8-11H2,1H3,(H,31,35)(H,32,36). The largest absolute Gasteiger partial charge is 0.416 e. The molecule has 0 bridgehead atoms. The topological polar surface area (TPSA) is 114 Å². The van der Waals surface area contributed by atoms with E-state index < -0.39 is 34.2 Å². The zero-order valence-electron chi connectivity index (χ0n) is 20.5. The summed E-state index contributed by atoms with van der Waals surface area (Å²) in [7, 11) is 0. The number of nitrogens with zero attached hydrogens (tertiary/aromatic N) is 2. The van der Waals surface area contributed by atoms with Crippen LogP contribution >= 0.6 is 11.6 Å². The summed E-state index contributed by atoms with van der Waals surface area (Å²) in [6, 6.07) is 11.1. The first kappa shape index (κ1) is 27.9. The Kier molecular flexibility index (Phi) is 8.07. The van der Waals surface area contributed by atoms with Crippen molar-refractivity contribution in [3.63, 3.8) is 0 Å². The van der Waals surface area contributed by atoms with Crippen LogP contribution in [0.2, 0.25) is 5.02 Å². The number of ether oxygens (including phenoxy) is 1. The molecule has 39 heavy (non-hydrogen) atoms. The molecule has 13 heteroatoms. The van der Waals surface area contributed by atoms with Crippen molar-refractivity contribution >= 4 is 46.2 Å². The van der Waals surface area contributed by atoms with E-state index in [0.29, 0.717) is 37.6 Å². The molecule has 9 nitrogen and oxygen atoms in total. The zero-order chi connectivity index (χ0) is 28.3. The molecule has 1 aliphatic rings. The lowest BCUT2D eigenvalue weighted by atomic mass is 10.1. The van der Waals surface area contributed by atoms with E-state index in [0.717, 1.165) is 24.3 Å². The molecule has 0 atom stereocenters. The van der Waals surface area contributed by atoms with Gasteiger partial charge in [0.05, 0.1) is 29.3 Å². The van der Waals surface area contributed by atoms with Gasteiger partial charge in [0.25, 0.3) is 17.5 Å². The number of carbonyl (C=O) groups excluding carboxylic acids is 2. The van der Waals surface area contributed by atoms with Crippen LogP contribution in [0.25, 0.3) is 0 Å². The van der Waals surface area contributed by atoms with Gasteiger partial charge in [0.15, 0.2) is 0 Å². The molecule has 1 heterocycles. The number of aryl methyl sites for hydroxylation is 1. The summed E-state index contributed by atoms with van der Waals surface area (Å²) < 4.78 is 45.6. The third kappa shape index (κ3) is 6.47. The van der Waals surface area contributed by atoms with Crippen LogP contribution in [0.4, 0.5) is 35.9 Å². The molecule has 0 radical (unpaired) electrons. The van der Waals surface area contributed by atoms with E-state index in [1.165, 1.54) is 24.3 Å². The molecule has 1 saturated heterocycles. The van der Waals surface area contributed by atoms with Gasteiger partial charge in [-0.05, 0) is 55.0 Å². The van der Waals surface area contributed by atoms with Crippen LogP contribution in [0, 0.1) is 17.0 Å². The summed E-state index contributed by atoms with van der Waals surface area (Å²) in [5, 5.41) is 16.6. The summed E-state index contributed by atoms with van der Waals surface area (Å²) >= 11 is 5.92. The Morgan fingerprint density at radius 3 is 2.33 bits per heavy atom. The third-order valence-electron chi connectivity index (χ3n) is 6.06. The van der Waals surface area contributed by atoms with Crippen LogP contribution in [0.3, 0.4) is 0 Å². The SMILES string of the molecule is Cc1ccc(NC(=O)c2cc(C(F)(F)F)ccc2N2CCOCC2)cc1NC(=O)c1cc(Cl)ccc1[N+](=O)[O-].